The molecule has 5 nitrogen and oxygen atoms in total. The number of nitrogens with zero attached hydrogens (tertiary/aromatic N) is 3. The molecule has 2 unspecified atom stereocenters. The zero-order chi connectivity index (χ0) is 10.6. The van der Waals surface area contributed by atoms with Gasteiger partial charge in [0.2, 0.25) is 0 Å². The zero-order valence-electron chi connectivity index (χ0n) is 9.19. The quantitative estimate of drug-likeness (QED) is 0.748. The van der Waals surface area contributed by atoms with Crippen molar-refractivity contribution in [3.05, 3.63) is 12.2 Å². The van der Waals surface area contributed by atoms with Crippen LogP contribution in [-0.2, 0) is 11.8 Å². The second-order valence-corrected chi connectivity index (χ2v) is 3.54. The van der Waals surface area contributed by atoms with Gasteiger partial charge in [-0.15, -0.1) is 10.2 Å². The molecular formula is C9H18N4O. The van der Waals surface area contributed by atoms with Crippen molar-refractivity contribution >= 4 is 0 Å². The van der Waals surface area contributed by atoms with Crippen LogP contribution >= 0.6 is 0 Å². The molecule has 1 aromatic heterocycles. The molecule has 0 aliphatic carbocycles. The van der Waals surface area contributed by atoms with Crippen LogP contribution in [0.25, 0.3) is 0 Å². The molecule has 80 valence electrons. The highest BCUT2D eigenvalue weighted by atomic mass is 16.5. The number of ether oxygens (including phenoxy) is 1. The van der Waals surface area contributed by atoms with E-state index >= 15 is 0 Å². The summed E-state index contributed by atoms with van der Waals surface area (Å²) in [6.07, 6.45) is 1.70. The summed E-state index contributed by atoms with van der Waals surface area (Å²) in [5, 5.41) is 11.3. The number of rotatable bonds is 5. The van der Waals surface area contributed by atoms with Crippen molar-refractivity contribution in [2.24, 2.45) is 7.05 Å². The van der Waals surface area contributed by atoms with E-state index in [1.165, 1.54) is 0 Å². The minimum atomic E-state index is 0.188. The predicted octanol–water partition coefficient (Wildman–Crippen LogP) is 0.501. The molecule has 0 aliphatic heterocycles. The first-order valence-corrected chi connectivity index (χ1v) is 4.74. The van der Waals surface area contributed by atoms with Crippen molar-refractivity contribution in [2.75, 3.05) is 13.7 Å². The molecule has 5 heteroatoms. The fourth-order valence-corrected chi connectivity index (χ4v) is 1.48. The summed E-state index contributed by atoms with van der Waals surface area (Å²) in [6.45, 7) is 4.84. The molecule has 0 fully saturated rings. The average molecular weight is 198 g/mol. The maximum atomic E-state index is 5.05. The smallest absolute Gasteiger partial charge is 0.149 e. The van der Waals surface area contributed by atoms with Gasteiger partial charge in [0.1, 0.15) is 12.2 Å². The van der Waals surface area contributed by atoms with Crippen molar-refractivity contribution in [1.29, 1.82) is 0 Å². The Morgan fingerprint density at radius 3 is 2.79 bits per heavy atom. The summed E-state index contributed by atoms with van der Waals surface area (Å²) in [7, 11) is 3.64. The Bertz CT molecular complexity index is 274. The topological polar surface area (TPSA) is 52.0 Å². The van der Waals surface area contributed by atoms with Crippen molar-refractivity contribution in [1.82, 2.24) is 20.1 Å². The monoisotopic (exact) mass is 198 g/mol. The van der Waals surface area contributed by atoms with Gasteiger partial charge in [0.05, 0.1) is 12.6 Å². The Labute approximate surface area is 84.5 Å². The van der Waals surface area contributed by atoms with Crippen LogP contribution in [-0.4, -0.2) is 34.5 Å². The van der Waals surface area contributed by atoms with Crippen LogP contribution in [0.5, 0.6) is 0 Å². The van der Waals surface area contributed by atoms with Gasteiger partial charge in [0.15, 0.2) is 0 Å². The molecule has 14 heavy (non-hydrogen) atoms. The SMILES string of the molecule is COCC(C)NC(C)c1nncn1C. The van der Waals surface area contributed by atoms with E-state index in [1.54, 1.807) is 13.4 Å². The first-order chi connectivity index (χ1) is 6.65. The summed E-state index contributed by atoms with van der Waals surface area (Å²) in [5.74, 6) is 0.938. The minimum absolute atomic E-state index is 0.188. The number of nitrogens with one attached hydrogen (secondary N) is 1. The zero-order valence-corrected chi connectivity index (χ0v) is 9.19. The Morgan fingerprint density at radius 1 is 1.57 bits per heavy atom. The third-order valence-corrected chi connectivity index (χ3v) is 2.08. The molecule has 0 saturated heterocycles. The molecule has 0 spiro atoms. The van der Waals surface area contributed by atoms with E-state index in [1.807, 2.05) is 11.6 Å². The highest BCUT2D eigenvalue weighted by Crippen LogP contribution is 2.07. The van der Waals surface area contributed by atoms with Crippen molar-refractivity contribution in [3.8, 4) is 0 Å². The van der Waals surface area contributed by atoms with E-state index in [9.17, 15) is 0 Å². The van der Waals surface area contributed by atoms with Crippen LogP contribution in [0.2, 0.25) is 0 Å². The number of hydrogen-bond acceptors (Lipinski definition) is 4. The molecule has 0 amide bonds. The maximum Gasteiger partial charge on any atom is 0.149 e. The van der Waals surface area contributed by atoms with E-state index < -0.39 is 0 Å². The van der Waals surface area contributed by atoms with Crippen LogP contribution in [0.3, 0.4) is 0 Å². The number of aromatic nitrogens is 3. The Kier molecular flexibility index (Phi) is 4.03. The van der Waals surface area contributed by atoms with Gasteiger partial charge in [-0.25, -0.2) is 0 Å². The van der Waals surface area contributed by atoms with Crippen molar-refractivity contribution in [3.63, 3.8) is 0 Å². The Hall–Kier alpha value is -0.940. The summed E-state index contributed by atoms with van der Waals surface area (Å²) in [6, 6.07) is 0.499. The Morgan fingerprint density at radius 2 is 2.29 bits per heavy atom. The lowest BCUT2D eigenvalue weighted by Crippen LogP contribution is -2.33. The molecule has 1 aromatic rings. The van der Waals surface area contributed by atoms with E-state index in [2.05, 4.69) is 29.4 Å². The maximum absolute atomic E-state index is 5.05. The van der Waals surface area contributed by atoms with E-state index in [4.69, 9.17) is 4.74 Å². The molecule has 0 aromatic carbocycles. The fourth-order valence-electron chi connectivity index (χ4n) is 1.48. The lowest BCUT2D eigenvalue weighted by atomic mass is 10.2. The predicted molar refractivity (Wildman–Crippen MR) is 53.9 cm³/mol. The number of aryl methyl sites for hydroxylation is 1. The average Bonchev–Trinajstić information content (AvgIpc) is 2.51. The van der Waals surface area contributed by atoms with E-state index in [0.29, 0.717) is 12.6 Å². The molecule has 2 atom stereocenters. The molecule has 0 saturated carbocycles. The van der Waals surface area contributed by atoms with Crippen LogP contribution < -0.4 is 5.32 Å². The van der Waals surface area contributed by atoms with Gasteiger partial charge in [0.25, 0.3) is 0 Å². The van der Waals surface area contributed by atoms with Gasteiger partial charge in [-0.2, -0.15) is 0 Å². The van der Waals surface area contributed by atoms with Gasteiger partial charge in [-0.05, 0) is 13.8 Å². The number of methoxy groups -OCH3 is 1. The third-order valence-electron chi connectivity index (χ3n) is 2.08. The van der Waals surface area contributed by atoms with E-state index in [-0.39, 0.29) is 6.04 Å². The lowest BCUT2D eigenvalue weighted by molar-refractivity contribution is 0.167. The van der Waals surface area contributed by atoms with Crippen LogP contribution in [0, 0.1) is 0 Å². The van der Waals surface area contributed by atoms with Crippen molar-refractivity contribution < 1.29 is 4.74 Å². The van der Waals surface area contributed by atoms with Crippen LogP contribution in [0.15, 0.2) is 6.33 Å². The molecule has 1 rings (SSSR count). The minimum Gasteiger partial charge on any atom is -0.383 e. The van der Waals surface area contributed by atoms with Crippen LogP contribution in [0.1, 0.15) is 25.7 Å². The second-order valence-electron chi connectivity index (χ2n) is 3.54. The first-order valence-electron chi connectivity index (χ1n) is 4.74. The number of hydrogen-bond donors (Lipinski definition) is 1. The largest absolute Gasteiger partial charge is 0.383 e. The summed E-state index contributed by atoms with van der Waals surface area (Å²) in [5.41, 5.74) is 0. The summed E-state index contributed by atoms with van der Waals surface area (Å²) in [4.78, 5) is 0. The van der Waals surface area contributed by atoms with Gasteiger partial charge < -0.3 is 14.6 Å². The summed E-state index contributed by atoms with van der Waals surface area (Å²) < 4.78 is 6.96. The first kappa shape index (κ1) is 11.1. The molecule has 1 N–H and O–H groups in total. The van der Waals surface area contributed by atoms with Gasteiger partial charge in [-0.3, -0.25) is 0 Å². The lowest BCUT2D eigenvalue weighted by Gasteiger charge is -2.18. The normalized spacial score (nSPS) is 15.4. The Balaban J connectivity index is 2.50. The molecular weight excluding hydrogens is 180 g/mol. The molecule has 0 aliphatic rings. The molecule has 0 radical (unpaired) electrons. The molecule has 0 bridgehead atoms. The highest BCUT2D eigenvalue weighted by molar-refractivity contribution is 4.92. The second kappa shape index (κ2) is 5.07. The summed E-state index contributed by atoms with van der Waals surface area (Å²) >= 11 is 0. The van der Waals surface area contributed by atoms with Crippen molar-refractivity contribution in [2.45, 2.75) is 25.9 Å². The van der Waals surface area contributed by atoms with Gasteiger partial charge >= 0.3 is 0 Å². The van der Waals surface area contributed by atoms with Crippen LogP contribution in [0.4, 0.5) is 0 Å². The standard InChI is InChI=1S/C9H18N4O/c1-7(5-14-4)11-8(2)9-12-10-6-13(9)3/h6-8,11H,5H2,1-4H3. The molecule has 1 heterocycles. The fraction of sp³-hybridized carbons (Fsp3) is 0.778. The van der Waals surface area contributed by atoms with Gasteiger partial charge in [0, 0.05) is 20.2 Å². The third kappa shape index (κ3) is 2.78. The highest BCUT2D eigenvalue weighted by Gasteiger charge is 2.13. The van der Waals surface area contributed by atoms with E-state index in [0.717, 1.165) is 5.82 Å². The van der Waals surface area contributed by atoms with Gasteiger partial charge in [-0.1, -0.05) is 0 Å².